The van der Waals surface area contributed by atoms with Gasteiger partial charge in [-0.3, -0.25) is 0 Å². The lowest BCUT2D eigenvalue weighted by Gasteiger charge is -2.33. The van der Waals surface area contributed by atoms with Crippen LogP contribution in [0.25, 0.3) is 0 Å². The normalized spacial score (nSPS) is 11.7. The molecule has 0 aliphatic heterocycles. The molecule has 0 unspecified atom stereocenters. The Morgan fingerprint density at radius 3 is 1.11 bits per heavy atom. The number of hydrogen-bond acceptors (Lipinski definition) is 1. The van der Waals surface area contributed by atoms with E-state index in [4.69, 9.17) is 0 Å². The molecule has 0 rings (SSSR count). The van der Waals surface area contributed by atoms with Crippen LogP contribution in [0.2, 0.25) is 0 Å². The van der Waals surface area contributed by atoms with Crippen molar-refractivity contribution in [3.05, 3.63) is 0 Å². The summed E-state index contributed by atoms with van der Waals surface area (Å²) in [6.45, 7) is 16.9. The van der Waals surface area contributed by atoms with Crippen LogP contribution >= 0.6 is 11.8 Å². The second kappa shape index (κ2) is 13.4. The molecule has 0 bridgehead atoms. The van der Waals surface area contributed by atoms with Gasteiger partial charge in [-0.15, -0.1) is 0 Å². The Morgan fingerprint density at radius 2 is 0.895 bits per heavy atom. The van der Waals surface area contributed by atoms with Gasteiger partial charge in [0.15, 0.2) is 0 Å². The number of thioether (sulfide) groups is 1. The van der Waals surface area contributed by atoms with Crippen LogP contribution in [0.3, 0.4) is 0 Å². The SMILES string of the molecule is CC[N+](C)(CC)CCSCC[N+](C)(CC)CC.[I-].[I-]. The number of hydrogen-bond donors (Lipinski definition) is 0. The fraction of sp³-hybridized carbons (Fsp3) is 1.00. The van der Waals surface area contributed by atoms with Crippen LogP contribution in [0.15, 0.2) is 0 Å². The maximum absolute atomic E-state index is 2.37. The molecule has 0 spiro atoms. The lowest BCUT2D eigenvalue weighted by atomic mass is 10.4. The molecule has 2 nitrogen and oxygen atoms in total. The number of nitrogens with zero attached hydrogens (tertiary/aromatic N) is 2. The van der Waals surface area contributed by atoms with Gasteiger partial charge in [0.05, 0.1) is 53.4 Å². The molecule has 120 valence electrons. The maximum Gasteiger partial charge on any atom is 0.0876 e. The summed E-state index contributed by atoms with van der Waals surface area (Å²) in [5, 5.41) is 0. The Kier molecular flexibility index (Phi) is 18.1. The zero-order valence-electron chi connectivity index (χ0n) is 13.7. The predicted octanol–water partition coefficient (Wildman–Crippen LogP) is -3.30. The van der Waals surface area contributed by atoms with Crippen molar-refractivity contribution < 1.29 is 56.9 Å². The maximum atomic E-state index is 2.37. The fourth-order valence-corrected chi connectivity index (χ4v) is 3.10. The van der Waals surface area contributed by atoms with Gasteiger partial charge < -0.3 is 56.9 Å². The minimum Gasteiger partial charge on any atom is -1.00 e. The third-order valence-corrected chi connectivity index (χ3v) is 5.55. The Labute approximate surface area is 160 Å². The summed E-state index contributed by atoms with van der Waals surface area (Å²) in [5.74, 6) is 2.62. The molecular formula is C14H34I2N2S. The first-order valence-corrected chi connectivity index (χ1v) is 8.35. The molecule has 5 heteroatoms. The Hall–Kier alpha value is 1.73. The smallest absolute Gasteiger partial charge is 0.0876 e. The molecule has 0 heterocycles. The monoisotopic (exact) mass is 516 g/mol. The minimum absolute atomic E-state index is 0. The van der Waals surface area contributed by atoms with E-state index in [0.717, 1.165) is 0 Å². The molecule has 0 aliphatic rings. The van der Waals surface area contributed by atoms with Crippen molar-refractivity contribution in [1.29, 1.82) is 0 Å². The summed E-state index contributed by atoms with van der Waals surface area (Å²) in [6, 6.07) is 0. The van der Waals surface area contributed by atoms with E-state index in [-0.39, 0.29) is 48.0 Å². The van der Waals surface area contributed by atoms with Gasteiger partial charge in [-0.25, -0.2) is 0 Å². The van der Waals surface area contributed by atoms with E-state index in [1.807, 2.05) is 0 Å². The van der Waals surface area contributed by atoms with Crippen LogP contribution in [0, 0.1) is 0 Å². The highest BCUT2D eigenvalue weighted by Gasteiger charge is 2.17. The van der Waals surface area contributed by atoms with Gasteiger partial charge in [0, 0.05) is 11.5 Å². The molecule has 0 radical (unpaired) electrons. The first-order chi connectivity index (χ1) is 7.95. The van der Waals surface area contributed by atoms with E-state index in [9.17, 15) is 0 Å². The summed E-state index contributed by atoms with van der Waals surface area (Å²) in [7, 11) is 4.75. The lowest BCUT2D eigenvalue weighted by molar-refractivity contribution is -0.904. The quantitative estimate of drug-likeness (QED) is 0.167. The predicted molar refractivity (Wildman–Crippen MR) is 81.6 cm³/mol. The molecule has 0 aromatic rings. The van der Waals surface area contributed by atoms with Crippen LogP contribution in [0.1, 0.15) is 27.7 Å². The van der Waals surface area contributed by atoms with E-state index in [2.05, 4.69) is 53.6 Å². The zero-order chi connectivity index (χ0) is 13.4. The molecule has 0 saturated carbocycles. The van der Waals surface area contributed by atoms with Crippen LogP contribution in [-0.2, 0) is 0 Å². The van der Waals surface area contributed by atoms with Gasteiger partial charge in [0.1, 0.15) is 0 Å². The molecule has 0 fully saturated rings. The van der Waals surface area contributed by atoms with E-state index >= 15 is 0 Å². The van der Waals surface area contributed by atoms with Crippen LogP contribution in [-0.4, -0.2) is 73.8 Å². The van der Waals surface area contributed by atoms with E-state index in [0.29, 0.717) is 0 Å². The summed E-state index contributed by atoms with van der Waals surface area (Å²) < 4.78 is 2.45. The summed E-state index contributed by atoms with van der Waals surface area (Å²) in [6.07, 6.45) is 0. The van der Waals surface area contributed by atoms with Crippen LogP contribution in [0.5, 0.6) is 0 Å². The van der Waals surface area contributed by atoms with Crippen molar-refractivity contribution in [2.45, 2.75) is 27.7 Å². The van der Waals surface area contributed by atoms with Crippen molar-refractivity contribution in [3.63, 3.8) is 0 Å². The van der Waals surface area contributed by atoms with Crippen LogP contribution < -0.4 is 48.0 Å². The number of quaternary nitrogens is 2. The largest absolute Gasteiger partial charge is 1.00 e. The van der Waals surface area contributed by atoms with Crippen molar-refractivity contribution >= 4 is 11.8 Å². The zero-order valence-corrected chi connectivity index (χ0v) is 18.8. The van der Waals surface area contributed by atoms with E-state index in [1.165, 1.54) is 59.7 Å². The first-order valence-electron chi connectivity index (χ1n) is 7.20. The first kappa shape index (κ1) is 25.7. The van der Waals surface area contributed by atoms with Gasteiger partial charge in [0.25, 0.3) is 0 Å². The number of rotatable bonds is 10. The molecule has 0 N–H and O–H groups in total. The second-order valence-electron chi connectivity index (χ2n) is 5.56. The molecule has 0 saturated heterocycles. The third kappa shape index (κ3) is 11.0. The van der Waals surface area contributed by atoms with Crippen molar-refractivity contribution in [2.24, 2.45) is 0 Å². The third-order valence-electron chi connectivity index (χ3n) is 4.60. The summed E-state index contributed by atoms with van der Waals surface area (Å²) >= 11 is 2.14. The average Bonchev–Trinajstić information content (AvgIpc) is 2.37. The van der Waals surface area contributed by atoms with Crippen molar-refractivity contribution in [2.75, 3.05) is 64.9 Å². The highest BCUT2D eigenvalue weighted by Crippen LogP contribution is 2.09. The highest BCUT2D eigenvalue weighted by molar-refractivity contribution is 7.99. The van der Waals surface area contributed by atoms with Gasteiger partial charge >= 0.3 is 0 Å². The molecule has 0 atom stereocenters. The van der Waals surface area contributed by atoms with Gasteiger partial charge in [-0.1, -0.05) is 0 Å². The second-order valence-corrected chi connectivity index (χ2v) is 6.79. The molecular weight excluding hydrogens is 482 g/mol. The molecule has 0 aromatic heterocycles. The average molecular weight is 516 g/mol. The Morgan fingerprint density at radius 1 is 0.632 bits per heavy atom. The topological polar surface area (TPSA) is 0 Å². The molecule has 19 heavy (non-hydrogen) atoms. The van der Waals surface area contributed by atoms with Gasteiger partial charge in [-0.05, 0) is 27.7 Å². The van der Waals surface area contributed by atoms with Gasteiger partial charge in [0.2, 0.25) is 0 Å². The van der Waals surface area contributed by atoms with Crippen molar-refractivity contribution in [1.82, 2.24) is 0 Å². The Balaban J connectivity index is -0.00000128. The minimum atomic E-state index is 0. The number of halogens is 2. The summed E-state index contributed by atoms with van der Waals surface area (Å²) in [5.41, 5.74) is 0. The molecule has 0 aliphatic carbocycles. The van der Waals surface area contributed by atoms with Crippen molar-refractivity contribution in [3.8, 4) is 0 Å². The van der Waals surface area contributed by atoms with Gasteiger partial charge in [-0.2, -0.15) is 11.8 Å². The van der Waals surface area contributed by atoms with E-state index in [1.54, 1.807) is 0 Å². The standard InChI is InChI=1S/C14H34N2S.2HI/c1-7-15(5,8-2)11-13-17-14-12-16(6,9-3)10-4;;/h7-14H2,1-6H3;2*1H/q+2;;/p-2. The highest BCUT2D eigenvalue weighted by atomic mass is 127. The van der Waals surface area contributed by atoms with Crippen LogP contribution in [0.4, 0.5) is 0 Å². The lowest BCUT2D eigenvalue weighted by Crippen LogP contribution is -3.00. The fourth-order valence-electron chi connectivity index (χ4n) is 1.75. The van der Waals surface area contributed by atoms with E-state index < -0.39 is 0 Å². The molecule has 0 aromatic carbocycles. The summed E-state index contributed by atoms with van der Waals surface area (Å²) in [4.78, 5) is 0. The molecule has 0 amide bonds. The Bertz CT molecular complexity index is 176.